The molecule has 2 aromatic rings. The van der Waals surface area contributed by atoms with E-state index in [2.05, 4.69) is 13.0 Å². The van der Waals surface area contributed by atoms with Gasteiger partial charge in [-0.15, -0.1) is 12.4 Å². The normalized spacial score (nSPS) is 21.3. The monoisotopic (exact) mass is 304 g/mol. The quantitative estimate of drug-likeness (QED) is 0.927. The predicted molar refractivity (Wildman–Crippen MR) is 88.9 cm³/mol. The zero-order valence-corrected chi connectivity index (χ0v) is 13.0. The summed E-state index contributed by atoms with van der Waals surface area (Å²) < 4.78 is 0. The second-order valence-electron chi connectivity index (χ2n) is 6.05. The summed E-state index contributed by atoms with van der Waals surface area (Å²) in [5.41, 5.74) is 6.65. The number of hydrogen-bond donors (Lipinski definition) is 1. The number of nitrogens with two attached hydrogens (primary N) is 1. The lowest BCUT2D eigenvalue weighted by molar-refractivity contribution is 0.0777. The summed E-state index contributed by atoms with van der Waals surface area (Å²) in [6.45, 7) is 4.35. The van der Waals surface area contributed by atoms with Gasteiger partial charge in [0.15, 0.2) is 0 Å². The number of carbonyl (C=O) groups excluding carboxylic acids is 1. The summed E-state index contributed by atoms with van der Waals surface area (Å²) in [7, 11) is 0. The van der Waals surface area contributed by atoms with Crippen LogP contribution in [0.5, 0.6) is 0 Å². The lowest BCUT2D eigenvalue weighted by atomic mass is 9.90. The molecule has 0 spiro atoms. The van der Waals surface area contributed by atoms with Gasteiger partial charge in [0.25, 0.3) is 5.91 Å². The number of rotatable bonds is 2. The van der Waals surface area contributed by atoms with Crippen molar-refractivity contribution in [2.24, 2.45) is 11.1 Å². The molecule has 21 heavy (non-hydrogen) atoms. The maximum atomic E-state index is 12.6. The standard InChI is InChI=1S/C17H20N2O.ClH/c1-17(11-18)8-9-19(12-17)16(20)15-7-6-13-4-2-3-5-14(13)10-15;/h2-7,10H,8-9,11-12,18H2,1H3;1H. The molecule has 1 heterocycles. The minimum atomic E-state index is 0. The fraction of sp³-hybridized carbons (Fsp3) is 0.353. The van der Waals surface area contributed by atoms with E-state index >= 15 is 0 Å². The smallest absolute Gasteiger partial charge is 0.253 e. The Bertz CT molecular complexity index is 658. The predicted octanol–water partition coefficient (Wildman–Crippen LogP) is 3.07. The second-order valence-corrected chi connectivity index (χ2v) is 6.05. The van der Waals surface area contributed by atoms with Crippen LogP contribution in [0.4, 0.5) is 0 Å². The molecule has 1 atom stereocenters. The van der Waals surface area contributed by atoms with Crippen molar-refractivity contribution in [3.63, 3.8) is 0 Å². The molecule has 0 radical (unpaired) electrons. The summed E-state index contributed by atoms with van der Waals surface area (Å²) in [6, 6.07) is 14.0. The minimum absolute atomic E-state index is 0. The third-order valence-electron chi connectivity index (χ3n) is 4.33. The highest BCUT2D eigenvalue weighted by atomic mass is 35.5. The zero-order chi connectivity index (χ0) is 14.2. The summed E-state index contributed by atoms with van der Waals surface area (Å²) in [6.07, 6.45) is 0.989. The molecule has 1 saturated heterocycles. The fourth-order valence-electron chi connectivity index (χ4n) is 2.87. The highest BCUT2D eigenvalue weighted by molar-refractivity contribution is 5.98. The third-order valence-corrected chi connectivity index (χ3v) is 4.33. The average Bonchev–Trinajstić information content (AvgIpc) is 2.89. The van der Waals surface area contributed by atoms with E-state index in [0.717, 1.165) is 35.8 Å². The number of hydrogen-bond acceptors (Lipinski definition) is 2. The first-order valence-electron chi connectivity index (χ1n) is 7.09. The topological polar surface area (TPSA) is 46.3 Å². The van der Waals surface area contributed by atoms with Crippen LogP contribution in [0.2, 0.25) is 0 Å². The molecule has 2 N–H and O–H groups in total. The number of nitrogens with zero attached hydrogens (tertiary/aromatic N) is 1. The summed E-state index contributed by atoms with van der Waals surface area (Å²) >= 11 is 0. The van der Waals surface area contributed by atoms with Crippen LogP contribution in [0.25, 0.3) is 10.8 Å². The van der Waals surface area contributed by atoms with E-state index in [1.54, 1.807) is 0 Å². The molecule has 1 aliphatic rings. The van der Waals surface area contributed by atoms with E-state index in [1.165, 1.54) is 0 Å². The Morgan fingerprint density at radius 2 is 1.95 bits per heavy atom. The van der Waals surface area contributed by atoms with Gasteiger partial charge in [-0.3, -0.25) is 4.79 Å². The van der Waals surface area contributed by atoms with Crippen molar-refractivity contribution < 1.29 is 4.79 Å². The maximum absolute atomic E-state index is 12.6. The van der Waals surface area contributed by atoms with E-state index in [4.69, 9.17) is 5.73 Å². The van der Waals surface area contributed by atoms with E-state index < -0.39 is 0 Å². The Morgan fingerprint density at radius 3 is 2.62 bits per heavy atom. The molecule has 0 aromatic heterocycles. The molecule has 3 nitrogen and oxygen atoms in total. The second kappa shape index (κ2) is 6.04. The Kier molecular flexibility index (Phi) is 4.55. The van der Waals surface area contributed by atoms with Crippen molar-refractivity contribution in [2.45, 2.75) is 13.3 Å². The molecule has 3 rings (SSSR count). The van der Waals surface area contributed by atoms with Crippen LogP contribution >= 0.6 is 12.4 Å². The van der Waals surface area contributed by atoms with Gasteiger partial charge in [0.1, 0.15) is 0 Å². The summed E-state index contributed by atoms with van der Waals surface area (Å²) in [5, 5.41) is 2.27. The van der Waals surface area contributed by atoms with Crippen molar-refractivity contribution in [1.29, 1.82) is 0 Å². The first-order chi connectivity index (χ1) is 9.61. The highest BCUT2D eigenvalue weighted by Gasteiger charge is 2.35. The van der Waals surface area contributed by atoms with E-state index in [0.29, 0.717) is 6.54 Å². The molecular weight excluding hydrogens is 284 g/mol. The number of fused-ring (bicyclic) bond motifs is 1. The van der Waals surface area contributed by atoms with Gasteiger partial charge in [0.05, 0.1) is 0 Å². The van der Waals surface area contributed by atoms with Gasteiger partial charge in [-0.05, 0) is 41.3 Å². The zero-order valence-electron chi connectivity index (χ0n) is 12.2. The Labute approximate surface area is 131 Å². The number of likely N-dealkylation sites (tertiary alicyclic amines) is 1. The van der Waals surface area contributed by atoms with Gasteiger partial charge < -0.3 is 10.6 Å². The number of halogens is 1. The molecule has 0 bridgehead atoms. The molecular formula is C17H21ClN2O. The average molecular weight is 305 g/mol. The van der Waals surface area contributed by atoms with Gasteiger partial charge in [0.2, 0.25) is 0 Å². The molecule has 4 heteroatoms. The van der Waals surface area contributed by atoms with Crippen molar-refractivity contribution in [2.75, 3.05) is 19.6 Å². The van der Waals surface area contributed by atoms with Gasteiger partial charge in [-0.2, -0.15) is 0 Å². The molecule has 112 valence electrons. The molecule has 1 amide bonds. The summed E-state index contributed by atoms with van der Waals surface area (Å²) in [5.74, 6) is 0.118. The molecule has 1 unspecified atom stereocenters. The fourth-order valence-corrected chi connectivity index (χ4v) is 2.87. The lowest BCUT2D eigenvalue weighted by Gasteiger charge is -2.22. The Hall–Kier alpha value is -1.58. The Balaban J connectivity index is 0.00000161. The van der Waals surface area contributed by atoms with Gasteiger partial charge in [-0.1, -0.05) is 37.3 Å². The molecule has 1 fully saturated rings. The molecule has 0 saturated carbocycles. The first-order valence-corrected chi connectivity index (χ1v) is 7.09. The number of amides is 1. The van der Waals surface area contributed by atoms with Gasteiger partial charge in [-0.25, -0.2) is 0 Å². The first kappa shape index (κ1) is 15.8. The lowest BCUT2D eigenvalue weighted by Crippen LogP contribution is -2.34. The van der Waals surface area contributed by atoms with Crippen molar-refractivity contribution >= 4 is 29.1 Å². The number of carbonyl (C=O) groups is 1. The van der Waals surface area contributed by atoms with E-state index in [9.17, 15) is 4.79 Å². The van der Waals surface area contributed by atoms with Crippen LogP contribution in [-0.4, -0.2) is 30.4 Å². The van der Waals surface area contributed by atoms with Crippen molar-refractivity contribution in [1.82, 2.24) is 4.90 Å². The van der Waals surface area contributed by atoms with Crippen LogP contribution in [-0.2, 0) is 0 Å². The molecule has 1 aliphatic heterocycles. The van der Waals surface area contributed by atoms with Gasteiger partial charge >= 0.3 is 0 Å². The highest BCUT2D eigenvalue weighted by Crippen LogP contribution is 2.29. The van der Waals surface area contributed by atoms with Crippen LogP contribution in [0.3, 0.4) is 0 Å². The van der Waals surface area contributed by atoms with Crippen LogP contribution in [0.1, 0.15) is 23.7 Å². The third kappa shape index (κ3) is 3.04. The van der Waals surface area contributed by atoms with Gasteiger partial charge in [0, 0.05) is 18.7 Å². The maximum Gasteiger partial charge on any atom is 0.253 e. The van der Waals surface area contributed by atoms with E-state index in [1.807, 2.05) is 41.3 Å². The molecule has 0 aliphatic carbocycles. The number of benzene rings is 2. The SMILES string of the molecule is CC1(CN)CCN(C(=O)c2ccc3ccccc3c2)C1.Cl. The largest absolute Gasteiger partial charge is 0.338 e. The van der Waals surface area contributed by atoms with Crippen LogP contribution < -0.4 is 5.73 Å². The van der Waals surface area contributed by atoms with E-state index in [-0.39, 0.29) is 23.7 Å². The minimum Gasteiger partial charge on any atom is -0.338 e. The van der Waals surface area contributed by atoms with Crippen molar-refractivity contribution in [3.05, 3.63) is 48.0 Å². The van der Waals surface area contributed by atoms with Crippen molar-refractivity contribution in [3.8, 4) is 0 Å². The molecule has 2 aromatic carbocycles. The van der Waals surface area contributed by atoms with Crippen LogP contribution in [0, 0.1) is 5.41 Å². The Morgan fingerprint density at radius 1 is 1.24 bits per heavy atom. The van der Waals surface area contributed by atoms with Crippen LogP contribution in [0.15, 0.2) is 42.5 Å². The summed E-state index contributed by atoms with van der Waals surface area (Å²) in [4.78, 5) is 14.5.